The number of nitrogens with zero attached hydrogens (tertiary/aromatic N) is 3. The van der Waals surface area contributed by atoms with E-state index in [1.54, 1.807) is 23.9 Å². The molecule has 0 fully saturated rings. The number of methoxy groups -OCH3 is 1. The average Bonchev–Trinajstić information content (AvgIpc) is 3.09. The summed E-state index contributed by atoms with van der Waals surface area (Å²) >= 11 is 1.65. The van der Waals surface area contributed by atoms with Gasteiger partial charge >= 0.3 is 5.97 Å². The van der Waals surface area contributed by atoms with Gasteiger partial charge in [0.25, 0.3) is 0 Å². The second kappa shape index (κ2) is 8.86. The maximum atomic E-state index is 11.5. The van der Waals surface area contributed by atoms with Crippen molar-refractivity contribution in [3.8, 4) is 11.4 Å². The van der Waals surface area contributed by atoms with E-state index in [0.717, 1.165) is 40.8 Å². The normalized spacial score (nSPS) is 10.8. The maximum Gasteiger partial charge on any atom is 0.337 e. The standard InChI is InChI=1S/C21H23N3O2S/c1-4-12-24-19(18-7-5-6-15(2)13-18)22-23-21(24)27-14-16-8-10-17(11-9-16)20(25)26-3/h5-11,13H,4,12,14H2,1-3H3. The fraction of sp³-hybridized carbons (Fsp3) is 0.286. The molecule has 0 spiro atoms. The van der Waals surface area contributed by atoms with Crippen molar-refractivity contribution < 1.29 is 9.53 Å². The molecule has 0 unspecified atom stereocenters. The van der Waals surface area contributed by atoms with Gasteiger partial charge in [-0.15, -0.1) is 10.2 Å². The predicted octanol–water partition coefficient (Wildman–Crippen LogP) is 4.74. The number of aryl methyl sites for hydroxylation is 1. The second-order valence-electron chi connectivity index (χ2n) is 6.30. The molecule has 0 atom stereocenters. The Morgan fingerprint density at radius 1 is 1.15 bits per heavy atom. The Morgan fingerprint density at radius 3 is 2.59 bits per heavy atom. The number of carbonyl (C=O) groups excluding carboxylic acids is 1. The lowest BCUT2D eigenvalue weighted by Gasteiger charge is -2.09. The summed E-state index contributed by atoms with van der Waals surface area (Å²) < 4.78 is 6.92. The molecule has 0 amide bonds. The molecule has 0 saturated heterocycles. The van der Waals surface area contributed by atoms with E-state index >= 15 is 0 Å². The first-order valence-electron chi connectivity index (χ1n) is 8.92. The minimum absolute atomic E-state index is 0.320. The van der Waals surface area contributed by atoms with Gasteiger partial charge in [-0.05, 0) is 37.1 Å². The third kappa shape index (κ3) is 4.57. The van der Waals surface area contributed by atoms with Crippen LogP contribution in [-0.2, 0) is 17.0 Å². The van der Waals surface area contributed by atoms with Crippen molar-refractivity contribution in [2.45, 2.75) is 37.7 Å². The number of benzene rings is 2. The van der Waals surface area contributed by atoms with Gasteiger partial charge in [0.1, 0.15) is 0 Å². The number of rotatable bonds is 7. The lowest BCUT2D eigenvalue weighted by molar-refractivity contribution is 0.0600. The van der Waals surface area contributed by atoms with Gasteiger partial charge in [0, 0.05) is 17.9 Å². The van der Waals surface area contributed by atoms with E-state index in [2.05, 4.69) is 46.8 Å². The highest BCUT2D eigenvalue weighted by Gasteiger charge is 2.14. The summed E-state index contributed by atoms with van der Waals surface area (Å²) in [4.78, 5) is 11.5. The molecule has 27 heavy (non-hydrogen) atoms. The molecule has 2 aromatic carbocycles. The Labute approximate surface area is 163 Å². The Kier molecular flexibility index (Phi) is 6.29. The van der Waals surface area contributed by atoms with Gasteiger partial charge in [0.05, 0.1) is 12.7 Å². The van der Waals surface area contributed by atoms with E-state index in [-0.39, 0.29) is 5.97 Å². The molecular weight excluding hydrogens is 358 g/mol. The molecule has 6 heteroatoms. The average molecular weight is 382 g/mol. The van der Waals surface area contributed by atoms with Gasteiger partial charge in [-0.1, -0.05) is 54.6 Å². The van der Waals surface area contributed by atoms with Crippen molar-refractivity contribution in [1.82, 2.24) is 14.8 Å². The van der Waals surface area contributed by atoms with E-state index < -0.39 is 0 Å². The van der Waals surface area contributed by atoms with Gasteiger partial charge in [0.2, 0.25) is 0 Å². The third-order valence-corrected chi connectivity index (χ3v) is 5.22. The molecule has 0 aliphatic heterocycles. The number of thioether (sulfide) groups is 1. The van der Waals surface area contributed by atoms with E-state index in [1.165, 1.54) is 12.7 Å². The molecule has 0 saturated carbocycles. The first-order valence-corrected chi connectivity index (χ1v) is 9.91. The highest BCUT2D eigenvalue weighted by atomic mass is 32.2. The minimum Gasteiger partial charge on any atom is -0.465 e. The number of hydrogen-bond acceptors (Lipinski definition) is 5. The van der Waals surface area contributed by atoms with Gasteiger partial charge in [-0.25, -0.2) is 4.79 Å². The van der Waals surface area contributed by atoms with Crippen LogP contribution in [0.25, 0.3) is 11.4 Å². The highest BCUT2D eigenvalue weighted by molar-refractivity contribution is 7.98. The van der Waals surface area contributed by atoms with Crippen molar-refractivity contribution in [3.63, 3.8) is 0 Å². The van der Waals surface area contributed by atoms with Crippen LogP contribution in [0.15, 0.2) is 53.7 Å². The van der Waals surface area contributed by atoms with E-state index in [9.17, 15) is 4.79 Å². The smallest absolute Gasteiger partial charge is 0.337 e. The van der Waals surface area contributed by atoms with Crippen LogP contribution in [0, 0.1) is 6.92 Å². The minimum atomic E-state index is -0.320. The summed E-state index contributed by atoms with van der Waals surface area (Å²) in [5, 5.41) is 9.76. The Balaban J connectivity index is 1.78. The van der Waals surface area contributed by atoms with Crippen LogP contribution >= 0.6 is 11.8 Å². The molecule has 0 bridgehead atoms. The molecule has 5 nitrogen and oxygen atoms in total. The van der Waals surface area contributed by atoms with Crippen LogP contribution in [0.1, 0.15) is 34.8 Å². The monoisotopic (exact) mass is 381 g/mol. The van der Waals surface area contributed by atoms with E-state index in [1.807, 2.05) is 18.2 Å². The van der Waals surface area contributed by atoms with Crippen molar-refractivity contribution >= 4 is 17.7 Å². The number of ether oxygens (including phenoxy) is 1. The quantitative estimate of drug-likeness (QED) is 0.437. The van der Waals surface area contributed by atoms with E-state index in [0.29, 0.717) is 5.56 Å². The fourth-order valence-corrected chi connectivity index (χ4v) is 3.74. The Morgan fingerprint density at radius 2 is 1.93 bits per heavy atom. The van der Waals surface area contributed by atoms with Crippen LogP contribution in [0.4, 0.5) is 0 Å². The zero-order chi connectivity index (χ0) is 19.2. The number of hydrogen-bond donors (Lipinski definition) is 0. The molecule has 1 aromatic heterocycles. The van der Waals surface area contributed by atoms with Crippen LogP contribution < -0.4 is 0 Å². The molecular formula is C21H23N3O2S. The highest BCUT2D eigenvalue weighted by Crippen LogP contribution is 2.27. The maximum absolute atomic E-state index is 11.5. The summed E-state index contributed by atoms with van der Waals surface area (Å²) in [5.74, 6) is 1.35. The SMILES string of the molecule is CCCn1c(SCc2ccc(C(=O)OC)cc2)nnc1-c1cccc(C)c1. The fourth-order valence-electron chi connectivity index (χ4n) is 2.82. The summed E-state index contributed by atoms with van der Waals surface area (Å²) in [6.45, 7) is 5.11. The third-order valence-electron chi connectivity index (χ3n) is 4.18. The van der Waals surface area contributed by atoms with Crippen LogP contribution in [0.3, 0.4) is 0 Å². The zero-order valence-corrected chi connectivity index (χ0v) is 16.6. The first kappa shape index (κ1) is 19.2. The summed E-state index contributed by atoms with van der Waals surface area (Å²) in [7, 11) is 1.39. The van der Waals surface area contributed by atoms with Gasteiger partial charge in [-0.2, -0.15) is 0 Å². The number of carbonyl (C=O) groups is 1. The van der Waals surface area contributed by atoms with Crippen molar-refractivity contribution in [2.75, 3.05) is 7.11 Å². The van der Waals surface area contributed by atoms with E-state index in [4.69, 9.17) is 4.74 Å². The Hall–Kier alpha value is -2.60. The van der Waals surface area contributed by atoms with Crippen molar-refractivity contribution in [3.05, 3.63) is 65.2 Å². The second-order valence-corrected chi connectivity index (χ2v) is 7.25. The molecule has 3 aromatic rings. The van der Waals surface area contributed by atoms with Gasteiger partial charge in [0.15, 0.2) is 11.0 Å². The van der Waals surface area contributed by atoms with Crippen LogP contribution in [0.2, 0.25) is 0 Å². The molecule has 3 rings (SSSR count). The van der Waals surface area contributed by atoms with Gasteiger partial charge in [-0.3, -0.25) is 0 Å². The largest absolute Gasteiger partial charge is 0.465 e. The Bertz CT molecular complexity index is 919. The predicted molar refractivity (Wildman–Crippen MR) is 108 cm³/mol. The number of esters is 1. The van der Waals surface area contributed by atoms with Crippen LogP contribution in [0.5, 0.6) is 0 Å². The summed E-state index contributed by atoms with van der Waals surface area (Å²) in [5.41, 5.74) is 3.97. The molecule has 1 heterocycles. The summed E-state index contributed by atoms with van der Waals surface area (Å²) in [6, 6.07) is 15.8. The lowest BCUT2D eigenvalue weighted by atomic mass is 10.1. The topological polar surface area (TPSA) is 57.0 Å². The molecule has 0 aliphatic carbocycles. The molecule has 0 aliphatic rings. The van der Waals surface area contributed by atoms with Crippen molar-refractivity contribution in [2.24, 2.45) is 0 Å². The molecule has 0 N–H and O–H groups in total. The number of aromatic nitrogens is 3. The first-order chi connectivity index (χ1) is 13.1. The molecule has 140 valence electrons. The lowest BCUT2D eigenvalue weighted by Crippen LogP contribution is -2.02. The summed E-state index contributed by atoms with van der Waals surface area (Å²) in [6.07, 6.45) is 1.01. The zero-order valence-electron chi connectivity index (χ0n) is 15.8. The van der Waals surface area contributed by atoms with Crippen molar-refractivity contribution in [1.29, 1.82) is 0 Å². The van der Waals surface area contributed by atoms with Gasteiger partial charge < -0.3 is 9.30 Å². The molecule has 0 radical (unpaired) electrons. The van der Waals surface area contributed by atoms with Crippen LogP contribution in [-0.4, -0.2) is 27.8 Å².